The summed E-state index contributed by atoms with van der Waals surface area (Å²) in [5.41, 5.74) is 1.07. The molecule has 0 aromatic carbocycles. The molecular weight excluding hydrogens is 275 g/mol. The monoisotopic (exact) mass is 288 g/mol. The zero-order chi connectivity index (χ0) is 11.8. The van der Waals surface area contributed by atoms with Gasteiger partial charge < -0.3 is 0 Å². The Balaban J connectivity index is 2.37. The van der Waals surface area contributed by atoms with Crippen LogP contribution in [0.2, 0.25) is 0 Å². The van der Waals surface area contributed by atoms with Crippen molar-refractivity contribution in [3.63, 3.8) is 0 Å². The van der Waals surface area contributed by atoms with Crippen LogP contribution in [0, 0.1) is 5.41 Å². The van der Waals surface area contributed by atoms with Crippen LogP contribution in [0.4, 0.5) is 0 Å². The maximum atomic E-state index is 11.8. The molecule has 1 aromatic heterocycles. The van der Waals surface area contributed by atoms with Gasteiger partial charge in [-0.3, -0.25) is 0 Å². The van der Waals surface area contributed by atoms with E-state index in [-0.39, 0.29) is 0 Å². The Morgan fingerprint density at radius 2 is 1.56 bits per heavy atom. The van der Waals surface area contributed by atoms with Gasteiger partial charge in [-0.15, -0.1) is 0 Å². The van der Waals surface area contributed by atoms with E-state index in [4.69, 9.17) is 9.47 Å². The summed E-state index contributed by atoms with van der Waals surface area (Å²) < 4.78 is 9.47. The normalized spacial score (nSPS) is 16.6. The summed E-state index contributed by atoms with van der Waals surface area (Å²) in [4.78, 5) is 27.8. The summed E-state index contributed by atoms with van der Waals surface area (Å²) in [5, 5.41) is 0. The third-order valence-corrected chi connectivity index (χ3v) is 4.73. The van der Waals surface area contributed by atoms with E-state index in [1.54, 1.807) is 0 Å². The second-order valence-corrected chi connectivity index (χ2v) is 5.40. The first kappa shape index (κ1) is 11.4. The van der Waals surface area contributed by atoms with Crippen molar-refractivity contribution >= 4 is 26.4 Å². The summed E-state index contributed by atoms with van der Waals surface area (Å²) in [6, 6.07) is 0. The van der Waals surface area contributed by atoms with Gasteiger partial charge in [0, 0.05) is 0 Å². The SMILES string of the molecule is COC(=O)C1(C(=O)OC)Cc2c[se]cc2C1. The summed E-state index contributed by atoms with van der Waals surface area (Å²) in [6.45, 7) is 0. The molecule has 0 saturated heterocycles. The zero-order valence-corrected chi connectivity index (χ0v) is 10.8. The standard InChI is InChI=1S/C11H12O4Se/c1-14-9(12)11(10(13)15-2)3-7-5-16-6-8(7)4-11/h5-6H,3-4H2,1-2H3. The van der Waals surface area contributed by atoms with Crippen LogP contribution in [0.5, 0.6) is 0 Å². The molecule has 0 radical (unpaired) electrons. The van der Waals surface area contributed by atoms with Gasteiger partial charge >= 0.3 is 99.0 Å². The first-order valence-corrected chi connectivity index (χ1v) is 6.82. The number of carbonyl (C=O) groups excluding carboxylic acids is 2. The van der Waals surface area contributed by atoms with E-state index in [0.29, 0.717) is 27.3 Å². The van der Waals surface area contributed by atoms with Crippen LogP contribution in [0.15, 0.2) is 9.88 Å². The predicted molar refractivity (Wildman–Crippen MR) is 57.3 cm³/mol. The molecule has 1 heterocycles. The average Bonchev–Trinajstić information content (AvgIpc) is 2.85. The Kier molecular flexibility index (Phi) is 2.91. The number of hydrogen-bond acceptors (Lipinski definition) is 4. The Hall–Kier alpha value is -1.06. The molecular formula is C11H12O4Se. The summed E-state index contributed by atoms with van der Waals surface area (Å²) in [6.07, 6.45) is 0.833. The molecule has 1 aliphatic rings. The zero-order valence-electron chi connectivity index (χ0n) is 9.11. The average molecular weight is 287 g/mol. The van der Waals surface area contributed by atoms with Crippen molar-refractivity contribution in [1.82, 2.24) is 0 Å². The van der Waals surface area contributed by atoms with E-state index in [1.165, 1.54) is 14.2 Å². The fourth-order valence-electron chi connectivity index (χ4n) is 2.14. The molecule has 0 unspecified atom stereocenters. The van der Waals surface area contributed by atoms with Crippen LogP contribution in [0.3, 0.4) is 0 Å². The third kappa shape index (κ3) is 1.51. The summed E-state index contributed by atoms with van der Waals surface area (Å²) in [7, 11) is 2.60. The van der Waals surface area contributed by atoms with Gasteiger partial charge in [0.1, 0.15) is 0 Å². The van der Waals surface area contributed by atoms with Crippen molar-refractivity contribution in [1.29, 1.82) is 0 Å². The summed E-state index contributed by atoms with van der Waals surface area (Å²) >= 11 is 0.378. The fourth-order valence-corrected chi connectivity index (χ4v) is 3.95. The van der Waals surface area contributed by atoms with E-state index < -0.39 is 17.4 Å². The minimum absolute atomic E-state index is 0.378. The van der Waals surface area contributed by atoms with Crippen LogP contribution in [0.25, 0.3) is 0 Å². The number of rotatable bonds is 2. The molecule has 2 rings (SSSR count). The van der Waals surface area contributed by atoms with Crippen molar-refractivity contribution in [2.75, 3.05) is 14.2 Å². The number of ether oxygens (including phenoxy) is 2. The van der Waals surface area contributed by atoms with Gasteiger partial charge in [0.25, 0.3) is 0 Å². The van der Waals surface area contributed by atoms with Crippen LogP contribution >= 0.6 is 0 Å². The van der Waals surface area contributed by atoms with Crippen LogP contribution in [-0.4, -0.2) is 40.7 Å². The van der Waals surface area contributed by atoms with Crippen molar-refractivity contribution in [2.45, 2.75) is 12.8 Å². The van der Waals surface area contributed by atoms with Crippen molar-refractivity contribution < 1.29 is 19.1 Å². The first-order chi connectivity index (χ1) is 7.64. The molecule has 0 atom stereocenters. The fraction of sp³-hybridized carbons (Fsp3) is 0.455. The van der Waals surface area contributed by atoms with E-state index in [9.17, 15) is 9.59 Å². The third-order valence-electron chi connectivity index (χ3n) is 2.97. The molecule has 0 saturated carbocycles. The molecule has 16 heavy (non-hydrogen) atoms. The minimum atomic E-state index is -1.14. The van der Waals surface area contributed by atoms with E-state index in [1.807, 2.05) is 0 Å². The Labute approximate surface area is 99.3 Å². The van der Waals surface area contributed by atoms with Crippen molar-refractivity contribution in [3.8, 4) is 0 Å². The molecule has 1 aromatic rings. The van der Waals surface area contributed by atoms with Gasteiger partial charge in [0.15, 0.2) is 0 Å². The van der Waals surface area contributed by atoms with Crippen molar-refractivity contribution in [3.05, 3.63) is 21.0 Å². The first-order valence-electron chi connectivity index (χ1n) is 4.85. The molecule has 0 amide bonds. The molecule has 0 fully saturated rings. The van der Waals surface area contributed by atoms with Gasteiger partial charge in [0.05, 0.1) is 0 Å². The van der Waals surface area contributed by atoms with E-state index in [0.717, 1.165) is 11.1 Å². The summed E-state index contributed by atoms with van der Waals surface area (Å²) in [5.74, 6) is -0.994. The van der Waals surface area contributed by atoms with Gasteiger partial charge in [-0.2, -0.15) is 0 Å². The van der Waals surface area contributed by atoms with Gasteiger partial charge in [-0.1, -0.05) is 0 Å². The number of esters is 2. The second kappa shape index (κ2) is 4.07. The quantitative estimate of drug-likeness (QED) is 0.442. The molecule has 0 aliphatic heterocycles. The Morgan fingerprint density at radius 1 is 1.12 bits per heavy atom. The van der Waals surface area contributed by atoms with Crippen LogP contribution in [0.1, 0.15) is 11.1 Å². The molecule has 4 nitrogen and oxygen atoms in total. The van der Waals surface area contributed by atoms with Gasteiger partial charge in [-0.05, 0) is 0 Å². The topological polar surface area (TPSA) is 52.6 Å². The number of carbonyl (C=O) groups is 2. The van der Waals surface area contributed by atoms with Crippen LogP contribution in [-0.2, 0) is 31.9 Å². The van der Waals surface area contributed by atoms with E-state index >= 15 is 0 Å². The predicted octanol–water partition coefficient (Wildman–Crippen LogP) is 0.175. The second-order valence-electron chi connectivity index (χ2n) is 3.84. The molecule has 0 spiro atoms. The Morgan fingerprint density at radius 3 is 1.94 bits per heavy atom. The molecule has 1 aliphatic carbocycles. The van der Waals surface area contributed by atoms with Crippen LogP contribution < -0.4 is 0 Å². The molecule has 86 valence electrons. The van der Waals surface area contributed by atoms with Crippen molar-refractivity contribution in [2.24, 2.45) is 5.41 Å². The maximum absolute atomic E-state index is 11.8. The molecule has 0 bridgehead atoms. The molecule has 0 N–H and O–H groups in total. The van der Waals surface area contributed by atoms with Gasteiger partial charge in [-0.25, -0.2) is 0 Å². The Bertz CT molecular complexity index is 396. The number of hydrogen-bond donors (Lipinski definition) is 0. The number of fused-ring (bicyclic) bond motifs is 1. The number of methoxy groups -OCH3 is 2. The van der Waals surface area contributed by atoms with E-state index in [2.05, 4.69) is 9.88 Å². The van der Waals surface area contributed by atoms with Gasteiger partial charge in [0.2, 0.25) is 0 Å². The molecule has 5 heteroatoms.